The molecule has 0 fully saturated rings. The minimum absolute atomic E-state index is 0.115. The highest BCUT2D eigenvalue weighted by Gasteiger charge is 2.23. The van der Waals surface area contributed by atoms with Gasteiger partial charge in [-0.3, -0.25) is 9.59 Å². The molecule has 0 bridgehead atoms. The number of carboxylic acids is 2. The van der Waals surface area contributed by atoms with Crippen LogP contribution in [0.25, 0.3) is 0 Å². The fourth-order valence-electron chi connectivity index (χ4n) is 1.59. The van der Waals surface area contributed by atoms with Crippen LogP contribution >= 0.6 is 0 Å². The van der Waals surface area contributed by atoms with E-state index in [2.05, 4.69) is 5.32 Å². The summed E-state index contributed by atoms with van der Waals surface area (Å²) in [6.07, 6.45) is -0.349. The van der Waals surface area contributed by atoms with Gasteiger partial charge in [-0.2, -0.15) is 0 Å². The molecule has 0 saturated heterocycles. The predicted octanol–water partition coefficient (Wildman–Crippen LogP) is -0.399. The van der Waals surface area contributed by atoms with E-state index in [-0.39, 0.29) is 6.42 Å². The molecule has 7 nitrogen and oxygen atoms in total. The Morgan fingerprint density at radius 2 is 1.70 bits per heavy atom. The molecule has 2 atom stereocenters. The van der Waals surface area contributed by atoms with Gasteiger partial charge in [0, 0.05) is 6.42 Å². The lowest BCUT2D eigenvalue weighted by Gasteiger charge is -2.15. The number of carboxylic acid groups (broad SMARTS) is 2. The van der Waals surface area contributed by atoms with Crippen molar-refractivity contribution in [3.8, 4) is 0 Å². The zero-order valence-corrected chi connectivity index (χ0v) is 10.7. The number of benzene rings is 1. The molecule has 7 heteroatoms. The number of amides is 1. The molecule has 0 unspecified atom stereocenters. The predicted molar refractivity (Wildman–Crippen MR) is 69.9 cm³/mol. The van der Waals surface area contributed by atoms with Gasteiger partial charge in [0.05, 0.1) is 6.42 Å². The van der Waals surface area contributed by atoms with Gasteiger partial charge < -0.3 is 21.3 Å². The van der Waals surface area contributed by atoms with E-state index in [9.17, 15) is 14.4 Å². The van der Waals surface area contributed by atoms with Crippen molar-refractivity contribution in [2.75, 3.05) is 0 Å². The topological polar surface area (TPSA) is 130 Å². The summed E-state index contributed by atoms with van der Waals surface area (Å²) in [7, 11) is 0. The Hall–Kier alpha value is -2.41. The normalized spacial score (nSPS) is 13.2. The first-order chi connectivity index (χ1) is 9.40. The highest BCUT2D eigenvalue weighted by molar-refractivity contribution is 5.87. The molecular formula is C13H16N2O5. The van der Waals surface area contributed by atoms with Crippen LogP contribution in [0.5, 0.6) is 0 Å². The zero-order chi connectivity index (χ0) is 15.1. The minimum atomic E-state index is -1.35. The number of hydrogen-bond acceptors (Lipinski definition) is 4. The van der Waals surface area contributed by atoms with Crippen LogP contribution < -0.4 is 11.1 Å². The maximum absolute atomic E-state index is 11.5. The Morgan fingerprint density at radius 1 is 1.10 bits per heavy atom. The molecule has 1 rings (SSSR count). The van der Waals surface area contributed by atoms with Gasteiger partial charge in [-0.1, -0.05) is 30.3 Å². The summed E-state index contributed by atoms with van der Waals surface area (Å²) >= 11 is 0. The van der Waals surface area contributed by atoms with Crippen molar-refractivity contribution < 1.29 is 24.6 Å². The molecule has 0 aliphatic rings. The fraction of sp³-hybridized carbons (Fsp3) is 0.308. The van der Waals surface area contributed by atoms with Crippen LogP contribution in [0.2, 0.25) is 0 Å². The zero-order valence-electron chi connectivity index (χ0n) is 10.7. The lowest BCUT2D eigenvalue weighted by molar-refractivity contribution is -0.142. The smallest absolute Gasteiger partial charge is 0.326 e. The maximum atomic E-state index is 11.5. The van der Waals surface area contributed by atoms with Crippen molar-refractivity contribution in [2.45, 2.75) is 24.9 Å². The van der Waals surface area contributed by atoms with Crippen molar-refractivity contribution in [3.05, 3.63) is 35.9 Å². The number of nitrogens with one attached hydrogen (secondary N) is 1. The molecular weight excluding hydrogens is 264 g/mol. The van der Waals surface area contributed by atoms with Crippen molar-refractivity contribution in [1.82, 2.24) is 5.32 Å². The Balaban J connectivity index is 2.62. The Morgan fingerprint density at radius 3 is 2.20 bits per heavy atom. The molecule has 1 amide bonds. The van der Waals surface area contributed by atoms with Gasteiger partial charge in [0.1, 0.15) is 12.1 Å². The molecule has 108 valence electrons. The van der Waals surface area contributed by atoms with Gasteiger partial charge in [-0.25, -0.2) is 4.79 Å². The van der Waals surface area contributed by atoms with E-state index in [0.29, 0.717) is 0 Å². The molecule has 1 aromatic carbocycles. The number of nitrogens with two attached hydrogens (primary N) is 1. The third kappa shape index (κ3) is 5.07. The average molecular weight is 280 g/mol. The summed E-state index contributed by atoms with van der Waals surface area (Å²) in [5.74, 6) is -3.20. The lowest BCUT2D eigenvalue weighted by Crippen LogP contribution is -2.45. The third-order valence-electron chi connectivity index (χ3n) is 2.64. The molecule has 0 aromatic heterocycles. The highest BCUT2D eigenvalue weighted by Crippen LogP contribution is 2.04. The molecule has 0 aliphatic carbocycles. The van der Waals surface area contributed by atoms with Crippen LogP contribution in [0.3, 0.4) is 0 Å². The largest absolute Gasteiger partial charge is 0.480 e. The number of hydrogen-bond donors (Lipinski definition) is 4. The van der Waals surface area contributed by atoms with Crippen LogP contribution in [0.1, 0.15) is 12.0 Å². The molecule has 0 spiro atoms. The second kappa shape index (κ2) is 7.25. The molecule has 0 saturated carbocycles. The van der Waals surface area contributed by atoms with E-state index >= 15 is 0 Å². The van der Waals surface area contributed by atoms with E-state index in [4.69, 9.17) is 15.9 Å². The Kier molecular flexibility index (Phi) is 5.67. The molecule has 0 radical (unpaired) electrons. The molecule has 5 N–H and O–H groups in total. The van der Waals surface area contributed by atoms with E-state index in [1.807, 2.05) is 0 Å². The molecule has 20 heavy (non-hydrogen) atoms. The van der Waals surface area contributed by atoms with Gasteiger partial charge in [0.15, 0.2) is 0 Å². The number of carbonyl (C=O) groups is 3. The average Bonchev–Trinajstić information content (AvgIpc) is 2.38. The van der Waals surface area contributed by atoms with Crippen LogP contribution in [0.15, 0.2) is 30.3 Å². The minimum Gasteiger partial charge on any atom is -0.480 e. The summed E-state index contributed by atoms with van der Waals surface area (Å²) in [5, 5.41) is 19.9. The van der Waals surface area contributed by atoms with Crippen molar-refractivity contribution in [1.29, 1.82) is 0 Å². The molecule has 0 heterocycles. The molecule has 1 aromatic rings. The van der Waals surface area contributed by atoms with Crippen LogP contribution in [-0.4, -0.2) is 40.1 Å². The Bertz CT molecular complexity index is 489. The maximum Gasteiger partial charge on any atom is 0.326 e. The van der Waals surface area contributed by atoms with Crippen molar-refractivity contribution >= 4 is 17.8 Å². The van der Waals surface area contributed by atoms with E-state index in [1.54, 1.807) is 30.3 Å². The van der Waals surface area contributed by atoms with Crippen LogP contribution in [-0.2, 0) is 20.8 Å². The summed E-state index contributed by atoms with van der Waals surface area (Å²) in [6, 6.07) is 6.33. The third-order valence-corrected chi connectivity index (χ3v) is 2.64. The first kappa shape index (κ1) is 15.6. The molecule has 0 aliphatic heterocycles. The standard InChI is InChI=1S/C13H16N2O5/c14-9(12(17)18)7-11(16)15-10(13(19)20)6-8-4-2-1-3-5-8/h1-5,9-10H,6-7,14H2,(H,15,16)(H,17,18)(H,19,20)/t9-,10-/m0/s1. The van der Waals surface area contributed by atoms with E-state index in [1.165, 1.54) is 0 Å². The first-order valence-electron chi connectivity index (χ1n) is 5.94. The summed E-state index contributed by atoms with van der Waals surface area (Å²) in [4.78, 5) is 33.2. The Labute approximate surface area is 115 Å². The van der Waals surface area contributed by atoms with Gasteiger partial charge in [0.25, 0.3) is 0 Å². The fourth-order valence-corrected chi connectivity index (χ4v) is 1.59. The van der Waals surface area contributed by atoms with Crippen LogP contribution in [0, 0.1) is 0 Å². The second-order valence-corrected chi connectivity index (χ2v) is 4.30. The van der Waals surface area contributed by atoms with Crippen LogP contribution in [0.4, 0.5) is 0 Å². The van der Waals surface area contributed by atoms with Gasteiger partial charge in [-0.15, -0.1) is 0 Å². The lowest BCUT2D eigenvalue weighted by atomic mass is 10.1. The van der Waals surface area contributed by atoms with E-state index < -0.39 is 36.4 Å². The number of carbonyl (C=O) groups excluding carboxylic acids is 1. The van der Waals surface area contributed by atoms with Crippen molar-refractivity contribution in [2.24, 2.45) is 5.73 Å². The van der Waals surface area contributed by atoms with Gasteiger partial charge in [-0.05, 0) is 5.56 Å². The number of rotatable bonds is 7. The second-order valence-electron chi connectivity index (χ2n) is 4.30. The van der Waals surface area contributed by atoms with Gasteiger partial charge in [0.2, 0.25) is 5.91 Å². The van der Waals surface area contributed by atoms with Gasteiger partial charge >= 0.3 is 11.9 Å². The monoisotopic (exact) mass is 280 g/mol. The highest BCUT2D eigenvalue weighted by atomic mass is 16.4. The first-order valence-corrected chi connectivity index (χ1v) is 5.94. The summed E-state index contributed by atoms with van der Waals surface area (Å²) in [6.45, 7) is 0. The SMILES string of the molecule is N[C@@H](CC(=O)N[C@@H](Cc1ccccc1)C(=O)O)C(=O)O. The number of aliphatic carboxylic acids is 2. The summed E-state index contributed by atoms with van der Waals surface area (Å²) < 4.78 is 0. The summed E-state index contributed by atoms with van der Waals surface area (Å²) in [5.41, 5.74) is 5.97. The van der Waals surface area contributed by atoms with E-state index in [0.717, 1.165) is 5.56 Å². The quantitative estimate of drug-likeness (QED) is 0.537. The van der Waals surface area contributed by atoms with Crippen molar-refractivity contribution in [3.63, 3.8) is 0 Å².